The Morgan fingerprint density at radius 2 is 1.90 bits per heavy atom. The monoisotopic (exact) mass is 558 g/mol. The molecule has 10 nitrogen and oxygen atoms in total. The fourth-order valence-electron chi connectivity index (χ4n) is 6.47. The molecular weight excluding hydrogens is 520 g/mol. The number of piperidine rings is 1. The van der Waals surface area contributed by atoms with Crippen LogP contribution in [0, 0.1) is 5.92 Å². The van der Waals surface area contributed by atoms with Crippen molar-refractivity contribution in [2.45, 2.75) is 58.7 Å². The molecule has 3 aromatic heterocycles. The van der Waals surface area contributed by atoms with Gasteiger partial charge in [-0.1, -0.05) is 0 Å². The number of carbonyl (C=O) groups excluding carboxylic acids is 2. The molecule has 41 heavy (non-hydrogen) atoms. The van der Waals surface area contributed by atoms with Gasteiger partial charge in [0.1, 0.15) is 22.5 Å². The molecular formula is C31H38N6O4. The molecule has 0 bridgehead atoms. The van der Waals surface area contributed by atoms with Crippen LogP contribution < -0.4 is 4.74 Å². The molecule has 0 N–H and O–H groups in total. The lowest BCUT2D eigenvalue weighted by Gasteiger charge is -2.38. The number of methoxy groups -OCH3 is 1. The topological polar surface area (TPSA) is 94.7 Å². The quantitative estimate of drug-likeness (QED) is 0.346. The predicted molar refractivity (Wildman–Crippen MR) is 157 cm³/mol. The smallest absolute Gasteiger partial charge is 0.410 e. The highest BCUT2D eigenvalue weighted by Gasteiger charge is 2.43. The average molecular weight is 559 g/mol. The van der Waals surface area contributed by atoms with Crippen molar-refractivity contribution in [3.63, 3.8) is 0 Å². The lowest BCUT2D eigenvalue weighted by atomic mass is 9.92. The molecule has 2 aliphatic rings. The number of pyridine rings is 1. The number of hydrogen-bond donors (Lipinski definition) is 0. The first kappa shape index (κ1) is 27.1. The van der Waals surface area contributed by atoms with Gasteiger partial charge in [-0.25, -0.2) is 14.8 Å². The van der Waals surface area contributed by atoms with Gasteiger partial charge >= 0.3 is 6.09 Å². The van der Waals surface area contributed by atoms with Crippen molar-refractivity contribution in [2.75, 3.05) is 26.7 Å². The number of hydrogen-bond acceptors (Lipinski definition) is 6. The van der Waals surface area contributed by atoms with E-state index >= 15 is 0 Å². The summed E-state index contributed by atoms with van der Waals surface area (Å²) in [5.74, 6) is 1.67. The number of aryl methyl sites for hydroxylation is 2. The highest BCUT2D eigenvalue weighted by molar-refractivity contribution is 6.00. The van der Waals surface area contributed by atoms with Gasteiger partial charge in [0, 0.05) is 50.4 Å². The summed E-state index contributed by atoms with van der Waals surface area (Å²) in [6, 6.07) is 9.71. The number of rotatable bonds is 4. The molecule has 4 aromatic rings. The molecule has 0 aliphatic carbocycles. The van der Waals surface area contributed by atoms with E-state index in [0.29, 0.717) is 42.4 Å². The number of aromatic nitrogens is 4. The zero-order valence-corrected chi connectivity index (χ0v) is 24.7. The molecule has 2 amide bonds. The van der Waals surface area contributed by atoms with Crippen LogP contribution in [0.15, 0.2) is 36.5 Å². The second kappa shape index (κ2) is 10.1. The summed E-state index contributed by atoms with van der Waals surface area (Å²) in [6.07, 6.45) is 3.29. The summed E-state index contributed by atoms with van der Waals surface area (Å²) in [4.78, 5) is 40.0. The summed E-state index contributed by atoms with van der Waals surface area (Å²) in [5.41, 5.74) is 3.35. The van der Waals surface area contributed by atoms with Gasteiger partial charge in [0.15, 0.2) is 5.82 Å². The number of likely N-dealkylation sites (tertiary alicyclic amines) is 2. The van der Waals surface area contributed by atoms with E-state index in [-0.39, 0.29) is 18.0 Å². The van der Waals surface area contributed by atoms with E-state index in [0.717, 1.165) is 47.5 Å². The van der Waals surface area contributed by atoms with Gasteiger partial charge in [-0.05, 0) is 76.8 Å². The summed E-state index contributed by atoms with van der Waals surface area (Å²) in [6.45, 7) is 10.3. The van der Waals surface area contributed by atoms with E-state index in [1.165, 1.54) is 0 Å². The first-order chi connectivity index (χ1) is 19.6. The molecule has 0 radical (unpaired) electrons. The van der Waals surface area contributed by atoms with Crippen molar-refractivity contribution in [3.8, 4) is 17.3 Å². The van der Waals surface area contributed by atoms with Crippen molar-refractivity contribution in [3.05, 3.63) is 42.1 Å². The van der Waals surface area contributed by atoms with Crippen molar-refractivity contribution in [2.24, 2.45) is 13.0 Å². The van der Waals surface area contributed by atoms with Crippen LogP contribution in [0.1, 0.15) is 50.9 Å². The molecule has 6 rings (SSSR count). The van der Waals surface area contributed by atoms with Gasteiger partial charge in [-0.15, -0.1) is 0 Å². The molecule has 10 heteroatoms. The minimum Gasteiger partial charge on any atom is -0.494 e. The van der Waals surface area contributed by atoms with E-state index in [9.17, 15) is 9.59 Å². The maximum atomic E-state index is 13.9. The second-order valence-electron chi connectivity index (χ2n) is 12.1. The Bertz CT molecular complexity index is 1650. The van der Waals surface area contributed by atoms with Gasteiger partial charge in [0.25, 0.3) is 5.91 Å². The van der Waals surface area contributed by atoms with Crippen molar-refractivity contribution in [1.82, 2.24) is 28.9 Å². The lowest BCUT2D eigenvalue weighted by molar-refractivity contribution is 0.0122. The Kier molecular flexibility index (Phi) is 6.66. The minimum absolute atomic E-state index is 0.0424. The Morgan fingerprint density at radius 3 is 2.63 bits per heavy atom. The lowest BCUT2D eigenvalue weighted by Crippen LogP contribution is -2.52. The fraction of sp³-hybridized carbons (Fsp3) is 0.484. The first-order valence-corrected chi connectivity index (χ1v) is 14.4. The Labute approximate surface area is 239 Å². The van der Waals surface area contributed by atoms with Crippen LogP contribution in [0.3, 0.4) is 0 Å². The third kappa shape index (κ3) is 4.69. The Balaban J connectivity index is 1.32. The van der Waals surface area contributed by atoms with Gasteiger partial charge in [0.05, 0.1) is 24.4 Å². The van der Waals surface area contributed by atoms with Gasteiger partial charge in [0.2, 0.25) is 0 Å². The second-order valence-corrected chi connectivity index (χ2v) is 12.1. The molecule has 216 valence electrons. The maximum absolute atomic E-state index is 13.9. The van der Waals surface area contributed by atoms with Gasteiger partial charge < -0.3 is 28.4 Å². The number of nitrogens with zero attached hydrogens (tertiary/aromatic N) is 6. The molecule has 0 saturated carbocycles. The zero-order chi connectivity index (χ0) is 29.1. The normalized spacial score (nSPS) is 19.2. The maximum Gasteiger partial charge on any atom is 0.410 e. The number of carbonyl (C=O) groups is 2. The molecule has 2 saturated heterocycles. The standard InChI is InChI=1S/C31H38N6O4/c1-7-36-23(16-20-9-8-12-32-27(20)36)28-33-22-15-21(17-25(40-6)26(22)34(28)5)29(38)35-13-10-19-11-14-37(24(19)18-35)30(39)41-31(2,3)4/h8-9,12,15-17,19,24H,7,10-11,13-14,18H2,1-6H3/t19-,24-/m0/s1. The van der Waals surface area contributed by atoms with Crippen LogP contribution in [0.2, 0.25) is 0 Å². The van der Waals surface area contributed by atoms with Crippen LogP contribution in [0.5, 0.6) is 5.75 Å². The first-order valence-electron chi connectivity index (χ1n) is 14.4. The third-order valence-corrected chi connectivity index (χ3v) is 8.38. The predicted octanol–water partition coefficient (Wildman–Crippen LogP) is 5.09. The summed E-state index contributed by atoms with van der Waals surface area (Å²) >= 11 is 0. The number of ether oxygens (including phenoxy) is 2. The molecule has 5 heterocycles. The number of benzene rings is 1. The zero-order valence-electron chi connectivity index (χ0n) is 24.7. The molecule has 1 aromatic carbocycles. The molecule has 0 unspecified atom stereocenters. The highest BCUT2D eigenvalue weighted by atomic mass is 16.6. The average Bonchev–Trinajstić information content (AvgIpc) is 3.63. The van der Waals surface area contributed by atoms with Crippen LogP contribution in [0.25, 0.3) is 33.6 Å². The van der Waals surface area contributed by atoms with E-state index in [1.54, 1.807) is 19.4 Å². The molecule has 2 fully saturated rings. The van der Waals surface area contributed by atoms with Gasteiger partial charge in [-0.3, -0.25) is 4.79 Å². The van der Waals surface area contributed by atoms with Crippen LogP contribution in [-0.4, -0.2) is 79.3 Å². The van der Waals surface area contributed by atoms with E-state index < -0.39 is 5.60 Å². The highest BCUT2D eigenvalue weighted by Crippen LogP contribution is 2.36. The Hall–Kier alpha value is -4.08. The third-order valence-electron chi connectivity index (χ3n) is 8.38. The SMILES string of the molecule is CCn1c(-c2nc3cc(C(=O)N4CC[C@H]5CCN(C(=O)OC(C)(C)C)[C@H]5C4)cc(OC)c3n2C)cc2cccnc21. The molecule has 0 spiro atoms. The largest absolute Gasteiger partial charge is 0.494 e. The van der Waals surface area contributed by atoms with E-state index in [2.05, 4.69) is 28.6 Å². The van der Waals surface area contributed by atoms with Crippen molar-refractivity contribution < 1.29 is 19.1 Å². The van der Waals surface area contributed by atoms with Crippen molar-refractivity contribution in [1.29, 1.82) is 0 Å². The summed E-state index contributed by atoms with van der Waals surface area (Å²) < 4.78 is 15.6. The number of amides is 2. The van der Waals surface area contributed by atoms with Crippen LogP contribution >= 0.6 is 0 Å². The molecule has 2 aliphatic heterocycles. The van der Waals surface area contributed by atoms with Crippen LogP contribution in [-0.2, 0) is 18.3 Å². The molecule has 2 atom stereocenters. The number of imidazole rings is 1. The number of fused-ring (bicyclic) bond motifs is 3. The van der Waals surface area contributed by atoms with Gasteiger partial charge in [-0.2, -0.15) is 0 Å². The Morgan fingerprint density at radius 1 is 1.12 bits per heavy atom. The summed E-state index contributed by atoms with van der Waals surface area (Å²) in [5, 5.41) is 1.05. The van der Waals surface area contributed by atoms with E-state index in [1.807, 2.05) is 54.3 Å². The summed E-state index contributed by atoms with van der Waals surface area (Å²) in [7, 11) is 3.58. The fourth-order valence-corrected chi connectivity index (χ4v) is 6.47. The van der Waals surface area contributed by atoms with E-state index in [4.69, 9.17) is 14.5 Å². The van der Waals surface area contributed by atoms with Crippen LogP contribution in [0.4, 0.5) is 4.79 Å². The van der Waals surface area contributed by atoms with Crippen molar-refractivity contribution >= 4 is 34.1 Å². The minimum atomic E-state index is -0.561.